The van der Waals surface area contributed by atoms with Gasteiger partial charge in [0.05, 0.1) is 6.07 Å². The van der Waals surface area contributed by atoms with E-state index in [9.17, 15) is 9.59 Å². The van der Waals surface area contributed by atoms with E-state index in [2.05, 4.69) is 6.07 Å². The lowest BCUT2D eigenvalue weighted by Crippen LogP contribution is -2.51. The van der Waals surface area contributed by atoms with Crippen molar-refractivity contribution in [2.75, 3.05) is 26.2 Å². The Morgan fingerprint density at radius 1 is 1.24 bits per heavy atom. The van der Waals surface area contributed by atoms with Crippen molar-refractivity contribution >= 4 is 11.8 Å². The first-order valence-corrected chi connectivity index (χ1v) is 6.04. The van der Waals surface area contributed by atoms with Gasteiger partial charge in [0, 0.05) is 33.1 Å². The van der Waals surface area contributed by atoms with Gasteiger partial charge in [0.25, 0.3) is 0 Å². The van der Waals surface area contributed by atoms with Crippen molar-refractivity contribution < 1.29 is 9.59 Å². The highest BCUT2D eigenvalue weighted by molar-refractivity contribution is 5.81. The Hall–Kier alpha value is -1.57. The van der Waals surface area contributed by atoms with Gasteiger partial charge in [-0.3, -0.25) is 9.59 Å². The third-order valence-electron chi connectivity index (χ3n) is 3.07. The molecule has 2 amide bonds. The lowest BCUT2D eigenvalue weighted by molar-refractivity contribution is -0.140. The summed E-state index contributed by atoms with van der Waals surface area (Å²) in [6.07, 6.45) is 1.44. The summed E-state index contributed by atoms with van der Waals surface area (Å²) < 4.78 is 0. The van der Waals surface area contributed by atoms with E-state index in [-0.39, 0.29) is 11.8 Å². The van der Waals surface area contributed by atoms with Crippen molar-refractivity contribution in [1.29, 1.82) is 5.26 Å². The monoisotopic (exact) mass is 237 g/mol. The molecule has 0 aromatic heterocycles. The number of rotatable bonds is 3. The molecule has 1 rings (SSSR count). The number of amides is 2. The number of carbonyl (C=O) groups is 2. The zero-order chi connectivity index (χ0) is 12.8. The average Bonchev–Trinajstić information content (AvgIpc) is 2.35. The van der Waals surface area contributed by atoms with E-state index in [1.165, 1.54) is 6.92 Å². The van der Waals surface area contributed by atoms with E-state index in [1.807, 2.05) is 6.92 Å². The van der Waals surface area contributed by atoms with Gasteiger partial charge in [0.15, 0.2) is 0 Å². The zero-order valence-electron chi connectivity index (χ0n) is 10.5. The van der Waals surface area contributed by atoms with Gasteiger partial charge in [-0.15, -0.1) is 0 Å². The molecule has 0 aromatic rings. The first-order valence-electron chi connectivity index (χ1n) is 6.04. The van der Waals surface area contributed by atoms with Crippen LogP contribution < -0.4 is 0 Å². The quantitative estimate of drug-likeness (QED) is 0.722. The molecule has 0 spiro atoms. The fourth-order valence-corrected chi connectivity index (χ4v) is 1.99. The molecule has 5 nitrogen and oxygen atoms in total. The summed E-state index contributed by atoms with van der Waals surface area (Å²) in [6, 6.07) is 2.06. The summed E-state index contributed by atoms with van der Waals surface area (Å²) in [7, 11) is 0. The summed E-state index contributed by atoms with van der Waals surface area (Å²) in [4.78, 5) is 26.6. The molecule has 1 atom stereocenters. The van der Waals surface area contributed by atoms with Gasteiger partial charge < -0.3 is 9.80 Å². The molecule has 1 saturated heterocycles. The van der Waals surface area contributed by atoms with Crippen LogP contribution in [0.1, 0.15) is 26.7 Å². The highest BCUT2D eigenvalue weighted by Gasteiger charge is 2.27. The topological polar surface area (TPSA) is 64.4 Å². The fourth-order valence-electron chi connectivity index (χ4n) is 1.99. The van der Waals surface area contributed by atoms with Crippen molar-refractivity contribution in [3.8, 4) is 6.07 Å². The van der Waals surface area contributed by atoms with Gasteiger partial charge in [0.2, 0.25) is 11.8 Å². The Bertz CT molecular complexity index is 327. The largest absolute Gasteiger partial charge is 0.339 e. The van der Waals surface area contributed by atoms with E-state index in [0.717, 1.165) is 6.42 Å². The minimum absolute atomic E-state index is 0.0440. The van der Waals surface area contributed by atoms with E-state index in [1.54, 1.807) is 9.80 Å². The second kappa shape index (κ2) is 6.24. The smallest absolute Gasteiger partial charge is 0.240 e. The number of nitrogens with zero attached hydrogens (tertiary/aromatic N) is 3. The second-order valence-corrected chi connectivity index (χ2v) is 4.30. The molecule has 17 heavy (non-hydrogen) atoms. The lowest BCUT2D eigenvalue weighted by Gasteiger charge is -2.35. The number of nitriles is 1. The zero-order valence-corrected chi connectivity index (χ0v) is 10.5. The molecule has 0 aliphatic carbocycles. The van der Waals surface area contributed by atoms with Gasteiger partial charge >= 0.3 is 0 Å². The molecule has 1 aliphatic rings. The molecule has 1 fully saturated rings. The molecule has 1 aliphatic heterocycles. The molecular weight excluding hydrogens is 218 g/mol. The van der Waals surface area contributed by atoms with E-state index < -0.39 is 5.92 Å². The fraction of sp³-hybridized carbons (Fsp3) is 0.750. The molecule has 94 valence electrons. The van der Waals surface area contributed by atoms with E-state index in [4.69, 9.17) is 5.26 Å². The van der Waals surface area contributed by atoms with Gasteiger partial charge in [-0.2, -0.15) is 5.26 Å². The van der Waals surface area contributed by atoms with Crippen LogP contribution in [-0.4, -0.2) is 47.8 Å². The van der Waals surface area contributed by atoms with Crippen LogP contribution in [0, 0.1) is 17.2 Å². The van der Waals surface area contributed by atoms with Crippen molar-refractivity contribution in [2.45, 2.75) is 26.7 Å². The van der Waals surface area contributed by atoms with Gasteiger partial charge in [-0.1, -0.05) is 13.3 Å². The number of piperazine rings is 1. The predicted molar refractivity (Wildman–Crippen MR) is 62.8 cm³/mol. The first-order chi connectivity index (χ1) is 8.10. The summed E-state index contributed by atoms with van der Waals surface area (Å²) >= 11 is 0. The summed E-state index contributed by atoms with van der Waals surface area (Å²) in [5.41, 5.74) is 0. The third-order valence-corrected chi connectivity index (χ3v) is 3.07. The first kappa shape index (κ1) is 13.5. The van der Waals surface area contributed by atoms with Crippen LogP contribution >= 0.6 is 0 Å². The van der Waals surface area contributed by atoms with Crippen molar-refractivity contribution in [2.24, 2.45) is 5.92 Å². The van der Waals surface area contributed by atoms with Crippen LogP contribution in [0.4, 0.5) is 0 Å². The molecule has 0 radical (unpaired) electrons. The molecular formula is C12H19N3O2. The van der Waals surface area contributed by atoms with Gasteiger partial charge in [-0.05, 0) is 6.42 Å². The summed E-state index contributed by atoms with van der Waals surface area (Å²) in [6.45, 7) is 5.73. The van der Waals surface area contributed by atoms with Crippen LogP contribution in [0.25, 0.3) is 0 Å². The van der Waals surface area contributed by atoms with Crippen LogP contribution in [0.15, 0.2) is 0 Å². The standard InChI is InChI=1S/C12H19N3O2/c1-3-4-11(9-13)12(17)15-7-5-14(6-8-15)10(2)16/h11H,3-8H2,1-2H3. The number of hydrogen-bond donors (Lipinski definition) is 0. The SMILES string of the molecule is CCCC(C#N)C(=O)N1CCN(C(C)=O)CC1. The lowest BCUT2D eigenvalue weighted by atomic mass is 10.0. The number of hydrogen-bond acceptors (Lipinski definition) is 3. The van der Waals surface area contributed by atoms with Crippen molar-refractivity contribution in [3.05, 3.63) is 0 Å². The molecule has 5 heteroatoms. The van der Waals surface area contributed by atoms with Crippen LogP contribution in [-0.2, 0) is 9.59 Å². The molecule has 0 N–H and O–H groups in total. The van der Waals surface area contributed by atoms with Crippen LogP contribution in [0.5, 0.6) is 0 Å². The molecule has 0 bridgehead atoms. The Kier molecular flexibility index (Phi) is 4.95. The molecule has 0 saturated carbocycles. The van der Waals surface area contributed by atoms with Gasteiger partial charge in [-0.25, -0.2) is 0 Å². The maximum Gasteiger partial charge on any atom is 0.240 e. The molecule has 0 aromatic carbocycles. The van der Waals surface area contributed by atoms with E-state index >= 15 is 0 Å². The molecule has 1 unspecified atom stereocenters. The Morgan fingerprint density at radius 2 is 1.76 bits per heavy atom. The van der Waals surface area contributed by atoms with Crippen molar-refractivity contribution in [1.82, 2.24) is 9.80 Å². The molecule has 1 heterocycles. The van der Waals surface area contributed by atoms with Crippen LogP contribution in [0.2, 0.25) is 0 Å². The predicted octanol–water partition coefficient (Wildman–Crippen LogP) is 0.617. The Balaban J connectivity index is 2.51. The van der Waals surface area contributed by atoms with E-state index in [0.29, 0.717) is 32.6 Å². The maximum absolute atomic E-state index is 12.0. The average molecular weight is 237 g/mol. The normalized spacial score (nSPS) is 17.5. The Morgan fingerprint density at radius 3 is 2.18 bits per heavy atom. The highest BCUT2D eigenvalue weighted by Crippen LogP contribution is 2.12. The Labute approximate surface area is 102 Å². The van der Waals surface area contributed by atoms with Gasteiger partial charge in [0.1, 0.15) is 5.92 Å². The summed E-state index contributed by atoms with van der Waals surface area (Å²) in [5.74, 6) is -0.566. The highest BCUT2D eigenvalue weighted by atomic mass is 16.2. The minimum Gasteiger partial charge on any atom is -0.339 e. The summed E-state index contributed by atoms with van der Waals surface area (Å²) in [5, 5.41) is 8.94. The van der Waals surface area contributed by atoms with Crippen molar-refractivity contribution in [3.63, 3.8) is 0 Å². The minimum atomic E-state index is -0.524. The third kappa shape index (κ3) is 3.45. The maximum atomic E-state index is 12.0. The number of carbonyl (C=O) groups excluding carboxylic acids is 2. The van der Waals surface area contributed by atoms with Crippen LogP contribution in [0.3, 0.4) is 0 Å². The second-order valence-electron chi connectivity index (χ2n) is 4.30.